The second-order valence-electron chi connectivity index (χ2n) is 4.90. The van der Waals surface area contributed by atoms with E-state index in [2.05, 4.69) is 5.32 Å². The minimum atomic E-state index is -1.28. The van der Waals surface area contributed by atoms with Gasteiger partial charge in [-0.05, 0) is 25.0 Å². The summed E-state index contributed by atoms with van der Waals surface area (Å²) >= 11 is 0. The normalized spacial score (nSPS) is 16.6. The number of benzene rings is 1. The van der Waals surface area contributed by atoms with Crippen molar-refractivity contribution in [3.8, 4) is 0 Å². The van der Waals surface area contributed by atoms with Crippen molar-refractivity contribution in [3.05, 3.63) is 35.4 Å². The topological polar surface area (TPSA) is 104 Å². The number of nitrogens with one attached hydrogen (secondary N) is 1. The van der Waals surface area contributed by atoms with Crippen LogP contribution in [-0.4, -0.2) is 33.6 Å². The Hall–Kier alpha value is -2.37. The van der Waals surface area contributed by atoms with Crippen LogP contribution in [0.1, 0.15) is 46.4 Å². The highest BCUT2D eigenvalue weighted by Crippen LogP contribution is 2.30. The summed E-state index contributed by atoms with van der Waals surface area (Å²) in [5.74, 6) is -2.95. The van der Waals surface area contributed by atoms with Gasteiger partial charge in [-0.25, -0.2) is 9.59 Å². The summed E-state index contributed by atoms with van der Waals surface area (Å²) < 4.78 is 0. The van der Waals surface area contributed by atoms with Crippen LogP contribution in [0.3, 0.4) is 0 Å². The number of aliphatic carboxylic acids is 1. The second-order valence-corrected chi connectivity index (χ2v) is 4.90. The van der Waals surface area contributed by atoms with E-state index in [1.807, 2.05) is 0 Å². The lowest BCUT2D eigenvalue weighted by atomic mass is 9.96. The van der Waals surface area contributed by atoms with Gasteiger partial charge in [0, 0.05) is 0 Å². The van der Waals surface area contributed by atoms with E-state index in [1.165, 1.54) is 18.2 Å². The van der Waals surface area contributed by atoms with Gasteiger partial charge in [-0.2, -0.15) is 0 Å². The third-order valence-corrected chi connectivity index (χ3v) is 3.62. The van der Waals surface area contributed by atoms with Crippen LogP contribution in [0, 0.1) is 0 Å². The Kier molecular flexibility index (Phi) is 3.74. The molecule has 0 radical (unpaired) electrons. The largest absolute Gasteiger partial charge is 0.480 e. The van der Waals surface area contributed by atoms with Gasteiger partial charge in [0.25, 0.3) is 5.91 Å². The van der Waals surface area contributed by atoms with E-state index in [0.29, 0.717) is 12.8 Å². The van der Waals surface area contributed by atoms with E-state index in [9.17, 15) is 19.5 Å². The Balaban J connectivity index is 2.28. The van der Waals surface area contributed by atoms with Crippen LogP contribution in [0.2, 0.25) is 0 Å². The average molecular weight is 277 g/mol. The fourth-order valence-corrected chi connectivity index (χ4v) is 2.52. The molecule has 0 bridgehead atoms. The maximum atomic E-state index is 12.2. The predicted octanol–water partition coefficient (Wildman–Crippen LogP) is 1.51. The Bertz CT molecular complexity index is 560. The van der Waals surface area contributed by atoms with Crippen LogP contribution in [0.4, 0.5) is 0 Å². The number of carboxylic acid groups (broad SMARTS) is 2. The highest BCUT2D eigenvalue weighted by Gasteiger charge is 2.43. The summed E-state index contributed by atoms with van der Waals surface area (Å²) in [7, 11) is 0. The van der Waals surface area contributed by atoms with E-state index in [4.69, 9.17) is 5.11 Å². The van der Waals surface area contributed by atoms with Crippen LogP contribution in [0.5, 0.6) is 0 Å². The summed E-state index contributed by atoms with van der Waals surface area (Å²) in [5, 5.41) is 20.9. The Labute approximate surface area is 115 Å². The molecular formula is C14H15NO5. The van der Waals surface area contributed by atoms with Gasteiger partial charge in [-0.3, -0.25) is 4.79 Å². The molecular weight excluding hydrogens is 262 g/mol. The average Bonchev–Trinajstić information content (AvgIpc) is 2.88. The highest BCUT2D eigenvalue weighted by atomic mass is 16.4. The predicted molar refractivity (Wildman–Crippen MR) is 69.7 cm³/mol. The zero-order valence-corrected chi connectivity index (χ0v) is 10.8. The van der Waals surface area contributed by atoms with Gasteiger partial charge < -0.3 is 15.5 Å². The first kappa shape index (κ1) is 14.0. The van der Waals surface area contributed by atoms with Crippen molar-refractivity contribution in [1.29, 1.82) is 0 Å². The molecule has 20 heavy (non-hydrogen) atoms. The van der Waals surface area contributed by atoms with E-state index in [1.54, 1.807) is 6.07 Å². The Morgan fingerprint density at radius 3 is 2.05 bits per heavy atom. The SMILES string of the molecule is O=C(O)c1ccccc1C(=O)NC1(C(=O)O)CCCC1. The van der Waals surface area contributed by atoms with E-state index in [-0.39, 0.29) is 11.1 Å². The van der Waals surface area contributed by atoms with Gasteiger partial charge >= 0.3 is 11.9 Å². The fraction of sp³-hybridized carbons (Fsp3) is 0.357. The molecule has 1 aliphatic carbocycles. The number of carbonyl (C=O) groups is 3. The molecule has 106 valence electrons. The van der Waals surface area contributed by atoms with Crippen LogP contribution in [0.25, 0.3) is 0 Å². The molecule has 6 nitrogen and oxygen atoms in total. The van der Waals surface area contributed by atoms with Gasteiger partial charge in [-0.15, -0.1) is 0 Å². The molecule has 1 aromatic rings. The molecule has 1 aliphatic rings. The van der Waals surface area contributed by atoms with Gasteiger partial charge in [0.15, 0.2) is 0 Å². The Morgan fingerprint density at radius 1 is 1.00 bits per heavy atom. The lowest BCUT2D eigenvalue weighted by Crippen LogP contribution is -2.52. The molecule has 0 saturated heterocycles. The summed E-state index contributed by atoms with van der Waals surface area (Å²) in [5.41, 5.74) is -1.43. The fourth-order valence-electron chi connectivity index (χ4n) is 2.52. The molecule has 0 unspecified atom stereocenters. The third kappa shape index (κ3) is 2.49. The minimum absolute atomic E-state index is 0.0208. The first-order valence-corrected chi connectivity index (χ1v) is 6.34. The number of hydrogen-bond donors (Lipinski definition) is 3. The van der Waals surface area contributed by atoms with Crippen molar-refractivity contribution in [2.45, 2.75) is 31.2 Å². The van der Waals surface area contributed by atoms with Crippen molar-refractivity contribution in [1.82, 2.24) is 5.32 Å². The zero-order chi connectivity index (χ0) is 14.8. The molecule has 0 aliphatic heterocycles. The summed E-state index contributed by atoms with van der Waals surface area (Å²) in [6.07, 6.45) is 2.19. The van der Waals surface area contributed by atoms with Crippen molar-refractivity contribution in [2.75, 3.05) is 0 Å². The van der Waals surface area contributed by atoms with Crippen molar-refractivity contribution < 1.29 is 24.6 Å². The highest BCUT2D eigenvalue weighted by molar-refractivity contribution is 6.06. The number of hydrogen-bond acceptors (Lipinski definition) is 3. The number of rotatable bonds is 4. The van der Waals surface area contributed by atoms with Crippen LogP contribution < -0.4 is 5.32 Å². The second kappa shape index (κ2) is 5.32. The van der Waals surface area contributed by atoms with Crippen molar-refractivity contribution >= 4 is 17.8 Å². The first-order valence-electron chi connectivity index (χ1n) is 6.34. The molecule has 0 aromatic heterocycles. The van der Waals surface area contributed by atoms with Gasteiger partial charge in [-0.1, -0.05) is 25.0 Å². The Morgan fingerprint density at radius 2 is 1.55 bits per heavy atom. The molecule has 0 heterocycles. The van der Waals surface area contributed by atoms with Crippen molar-refractivity contribution in [3.63, 3.8) is 0 Å². The van der Waals surface area contributed by atoms with Crippen LogP contribution >= 0.6 is 0 Å². The monoisotopic (exact) mass is 277 g/mol. The van der Waals surface area contributed by atoms with E-state index >= 15 is 0 Å². The quantitative estimate of drug-likeness (QED) is 0.774. The lowest BCUT2D eigenvalue weighted by molar-refractivity contribution is -0.144. The number of amides is 1. The maximum absolute atomic E-state index is 12.2. The zero-order valence-electron chi connectivity index (χ0n) is 10.8. The van der Waals surface area contributed by atoms with E-state index < -0.39 is 23.4 Å². The number of carbonyl (C=O) groups excluding carboxylic acids is 1. The molecule has 1 amide bonds. The van der Waals surface area contributed by atoms with Gasteiger partial charge in [0.2, 0.25) is 0 Å². The van der Waals surface area contributed by atoms with Gasteiger partial charge in [0.05, 0.1) is 11.1 Å². The molecule has 0 atom stereocenters. The molecule has 6 heteroatoms. The summed E-state index contributed by atoms with van der Waals surface area (Å²) in [4.78, 5) is 34.7. The molecule has 1 aromatic carbocycles. The molecule has 1 fully saturated rings. The summed E-state index contributed by atoms with van der Waals surface area (Å²) in [6.45, 7) is 0. The molecule has 0 spiro atoms. The maximum Gasteiger partial charge on any atom is 0.336 e. The first-order chi connectivity index (χ1) is 9.46. The molecule has 1 saturated carbocycles. The third-order valence-electron chi connectivity index (χ3n) is 3.62. The standard InChI is InChI=1S/C14H15NO5/c16-11(9-5-1-2-6-10(9)12(17)18)15-14(13(19)20)7-3-4-8-14/h1-2,5-6H,3-4,7-8H2,(H,15,16)(H,17,18)(H,19,20). The number of aromatic carboxylic acids is 1. The molecule has 2 rings (SSSR count). The molecule has 3 N–H and O–H groups in total. The van der Waals surface area contributed by atoms with E-state index in [0.717, 1.165) is 12.8 Å². The number of carboxylic acids is 2. The van der Waals surface area contributed by atoms with Crippen molar-refractivity contribution in [2.24, 2.45) is 0 Å². The van der Waals surface area contributed by atoms with Crippen LogP contribution in [0.15, 0.2) is 24.3 Å². The van der Waals surface area contributed by atoms with Crippen LogP contribution in [-0.2, 0) is 4.79 Å². The van der Waals surface area contributed by atoms with Gasteiger partial charge in [0.1, 0.15) is 5.54 Å². The smallest absolute Gasteiger partial charge is 0.336 e. The summed E-state index contributed by atoms with van der Waals surface area (Å²) in [6, 6.07) is 5.76. The minimum Gasteiger partial charge on any atom is -0.480 e. The lowest BCUT2D eigenvalue weighted by Gasteiger charge is -2.25.